The van der Waals surface area contributed by atoms with Gasteiger partial charge in [0, 0.05) is 25.7 Å². The molecule has 0 radical (unpaired) electrons. The van der Waals surface area contributed by atoms with E-state index in [1.165, 1.54) is 6.07 Å². The van der Waals surface area contributed by atoms with E-state index in [4.69, 9.17) is 5.26 Å². The third-order valence-electron chi connectivity index (χ3n) is 4.76. The van der Waals surface area contributed by atoms with Crippen LogP contribution in [0.2, 0.25) is 0 Å². The van der Waals surface area contributed by atoms with Crippen LogP contribution in [0, 0.1) is 33.3 Å². The van der Waals surface area contributed by atoms with Gasteiger partial charge in [0.05, 0.1) is 4.92 Å². The molecule has 2 fully saturated rings. The molecule has 0 aromatic heterocycles. The first kappa shape index (κ1) is 13.8. The lowest BCUT2D eigenvalue weighted by molar-refractivity contribution is -0.384. The van der Waals surface area contributed by atoms with Crippen LogP contribution in [0.15, 0.2) is 18.2 Å². The normalized spacial score (nSPS) is 27.4. The van der Waals surface area contributed by atoms with Crippen LogP contribution in [-0.2, 0) is 0 Å². The number of hydrogen-bond acceptors (Lipinski definition) is 5. The molecular weight excluding hydrogens is 268 g/mol. The monoisotopic (exact) mass is 286 g/mol. The zero-order chi connectivity index (χ0) is 15.0. The summed E-state index contributed by atoms with van der Waals surface area (Å²) in [7, 11) is 0. The highest BCUT2D eigenvalue weighted by Gasteiger charge is 2.45. The van der Waals surface area contributed by atoms with E-state index in [1.807, 2.05) is 6.07 Å². The van der Waals surface area contributed by atoms with Crippen molar-refractivity contribution in [1.29, 1.82) is 5.26 Å². The van der Waals surface area contributed by atoms with Gasteiger partial charge in [-0.25, -0.2) is 0 Å². The Kier molecular flexibility index (Phi) is 3.52. The molecule has 6 heteroatoms. The summed E-state index contributed by atoms with van der Waals surface area (Å²) in [5.41, 5.74) is 0.689. The smallest absolute Gasteiger partial charge is 0.310 e. The van der Waals surface area contributed by atoms with Crippen LogP contribution in [-0.4, -0.2) is 30.6 Å². The first-order valence-corrected chi connectivity index (χ1v) is 7.32. The number of hydrogen-bond donors (Lipinski definition) is 1. The van der Waals surface area contributed by atoms with Crippen LogP contribution < -0.4 is 10.2 Å². The van der Waals surface area contributed by atoms with E-state index >= 15 is 0 Å². The lowest BCUT2D eigenvalue weighted by Gasteiger charge is -2.28. The molecule has 2 heterocycles. The van der Waals surface area contributed by atoms with Crippen molar-refractivity contribution in [3.63, 3.8) is 0 Å². The second-order valence-corrected chi connectivity index (χ2v) is 5.75. The molecule has 3 atom stereocenters. The molecule has 0 bridgehead atoms. The summed E-state index contributed by atoms with van der Waals surface area (Å²) in [4.78, 5) is 13.1. The molecule has 1 aromatic rings. The van der Waals surface area contributed by atoms with Gasteiger partial charge < -0.3 is 10.2 Å². The van der Waals surface area contributed by atoms with E-state index in [9.17, 15) is 10.1 Å². The molecule has 2 aliphatic rings. The van der Waals surface area contributed by atoms with Gasteiger partial charge in [-0.3, -0.25) is 10.1 Å². The van der Waals surface area contributed by atoms with E-state index in [2.05, 4.69) is 17.1 Å². The van der Waals surface area contributed by atoms with E-state index in [0.717, 1.165) is 26.1 Å². The van der Waals surface area contributed by atoms with Gasteiger partial charge in [-0.15, -0.1) is 0 Å². The van der Waals surface area contributed by atoms with Gasteiger partial charge in [0.25, 0.3) is 0 Å². The van der Waals surface area contributed by atoms with Crippen LogP contribution in [0.1, 0.15) is 18.9 Å². The quantitative estimate of drug-likeness (QED) is 0.678. The third kappa shape index (κ3) is 2.14. The maximum absolute atomic E-state index is 11.4. The zero-order valence-corrected chi connectivity index (χ0v) is 12.0. The number of benzene rings is 1. The summed E-state index contributed by atoms with van der Waals surface area (Å²) in [6.07, 6.45) is 0.955. The summed E-state index contributed by atoms with van der Waals surface area (Å²) >= 11 is 0. The second-order valence-electron chi connectivity index (χ2n) is 5.75. The molecule has 0 amide bonds. The van der Waals surface area contributed by atoms with Gasteiger partial charge in [0.2, 0.25) is 0 Å². The highest BCUT2D eigenvalue weighted by molar-refractivity contribution is 5.70. The second kappa shape index (κ2) is 5.34. The Balaban J connectivity index is 2.05. The standard InChI is InChI=1S/C15H18N4O2/c1-2-13-12-8-17-7-11(12)9-18(13)14-5-3-4-10(6-16)15(14)19(20)21/h3-5,11-13,17H,2,7-9H2,1H3. The number of nitro benzene ring substituents is 1. The highest BCUT2D eigenvalue weighted by atomic mass is 16.6. The van der Waals surface area contributed by atoms with Crippen molar-refractivity contribution in [3.05, 3.63) is 33.9 Å². The minimum Gasteiger partial charge on any atom is -0.362 e. The molecule has 3 rings (SSSR count). The zero-order valence-electron chi connectivity index (χ0n) is 12.0. The summed E-state index contributed by atoms with van der Waals surface area (Å²) in [5, 5.41) is 24.0. The van der Waals surface area contributed by atoms with E-state index in [0.29, 0.717) is 23.6 Å². The molecule has 110 valence electrons. The molecule has 2 saturated heterocycles. The largest absolute Gasteiger partial charge is 0.362 e. The Morgan fingerprint density at radius 1 is 1.52 bits per heavy atom. The minimum atomic E-state index is -0.424. The van der Waals surface area contributed by atoms with Gasteiger partial charge in [-0.2, -0.15) is 5.26 Å². The van der Waals surface area contributed by atoms with Gasteiger partial charge in [0.1, 0.15) is 17.3 Å². The van der Waals surface area contributed by atoms with Gasteiger partial charge >= 0.3 is 5.69 Å². The number of fused-ring (bicyclic) bond motifs is 1. The van der Waals surface area contributed by atoms with Gasteiger partial charge in [-0.05, 0) is 30.4 Å². The fourth-order valence-corrected chi connectivity index (χ4v) is 3.87. The van der Waals surface area contributed by atoms with E-state index in [1.54, 1.807) is 12.1 Å². The topological polar surface area (TPSA) is 82.2 Å². The maximum Gasteiger partial charge on any atom is 0.310 e. The summed E-state index contributed by atoms with van der Waals surface area (Å²) < 4.78 is 0. The molecular formula is C15H18N4O2. The van der Waals surface area contributed by atoms with E-state index < -0.39 is 4.92 Å². The van der Waals surface area contributed by atoms with Crippen molar-refractivity contribution in [2.24, 2.45) is 11.8 Å². The Labute approximate surface area is 123 Å². The number of rotatable bonds is 3. The van der Waals surface area contributed by atoms with Crippen molar-refractivity contribution >= 4 is 11.4 Å². The van der Waals surface area contributed by atoms with Crippen molar-refractivity contribution in [1.82, 2.24) is 5.32 Å². The minimum absolute atomic E-state index is 0.0496. The Morgan fingerprint density at radius 3 is 3.00 bits per heavy atom. The number of nitrogens with one attached hydrogen (secondary N) is 1. The summed E-state index contributed by atoms with van der Waals surface area (Å²) in [6, 6.07) is 7.27. The van der Waals surface area contributed by atoms with Crippen LogP contribution in [0.3, 0.4) is 0 Å². The number of nitro groups is 1. The number of anilines is 1. The van der Waals surface area contributed by atoms with Gasteiger partial charge in [0.15, 0.2) is 0 Å². The number of nitrogens with zero attached hydrogens (tertiary/aromatic N) is 3. The van der Waals surface area contributed by atoms with Crippen molar-refractivity contribution in [2.45, 2.75) is 19.4 Å². The first-order valence-electron chi connectivity index (χ1n) is 7.32. The molecule has 1 N–H and O–H groups in total. The predicted octanol–water partition coefficient (Wildman–Crippen LogP) is 1.90. The molecule has 0 saturated carbocycles. The third-order valence-corrected chi connectivity index (χ3v) is 4.76. The Hall–Kier alpha value is -2.13. The average molecular weight is 286 g/mol. The van der Waals surface area contributed by atoms with Crippen LogP contribution >= 0.6 is 0 Å². The van der Waals surface area contributed by atoms with Gasteiger partial charge in [-0.1, -0.05) is 13.0 Å². The Morgan fingerprint density at radius 2 is 2.33 bits per heavy atom. The molecule has 3 unspecified atom stereocenters. The molecule has 2 aliphatic heterocycles. The average Bonchev–Trinajstić information content (AvgIpc) is 3.06. The van der Waals surface area contributed by atoms with Crippen LogP contribution in [0.25, 0.3) is 0 Å². The molecule has 21 heavy (non-hydrogen) atoms. The summed E-state index contributed by atoms with van der Waals surface area (Å²) in [6.45, 7) is 4.90. The highest BCUT2D eigenvalue weighted by Crippen LogP contribution is 2.41. The SMILES string of the molecule is CCC1C2CNCC2CN1c1cccc(C#N)c1[N+](=O)[O-]. The summed E-state index contributed by atoms with van der Waals surface area (Å²) in [5.74, 6) is 1.08. The van der Waals surface area contributed by atoms with E-state index in [-0.39, 0.29) is 11.3 Å². The van der Waals surface area contributed by atoms with Crippen molar-refractivity contribution < 1.29 is 4.92 Å². The number of para-hydroxylation sites is 1. The molecule has 1 aromatic carbocycles. The molecule has 6 nitrogen and oxygen atoms in total. The fourth-order valence-electron chi connectivity index (χ4n) is 3.87. The lowest BCUT2D eigenvalue weighted by Crippen LogP contribution is -2.35. The fraction of sp³-hybridized carbons (Fsp3) is 0.533. The first-order chi connectivity index (χ1) is 10.2. The molecule has 0 spiro atoms. The van der Waals surface area contributed by atoms with Crippen LogP contribution in [0.5, 0.6) is 0 Å². The predicted molar refractivity (Wildman–Crippen MR) is 79.1 cm³/mol. The Bertz CT molecular complexity index is 610. The molecule has 0 aliphatic carbocycles. The van der Waals surface area contributed by atoms with Crippen LogP contribution in [0.4, 0.5) is 11.4 Å². The van der Waals surface area contributed by atoms with Crippen molar-refractivity contribution in [3.8, 4) is 6.07 Å². The van der Waals surface area contributed by atoms with Crippen molar-refractivity contribution in [2.75, 3.05) is 24.5 Å². The number of nitriles is 1. The maximum atomic E-state index is 11.4. The lowest BCUT2D eigenvalue weighted by atomic mass is 9.93.